The van der Waals surface area contributed by atoms with Gasteiger partial charge in [-0.05, 0) is 49.3 Å². The zero-order valence-electron chi connectivity index (χ0n) is 23.6. The Hall–Kier alpha value is -2.83. The molecule has 1 aromatic carbocycles. The molecule has 0 amide bonds. The summed E-state index contributed by atoms with van der Waals surface area (Å²) < 4.78 is 38.9. The highest BCUT2D eigenvalue weighted by atomic mass is 32.2. The predicted molar refractivity (Wildman–Crippen MR) is 161 cm³/mol. The van der Waals surface area contributed by atoms with Crippen LogP contribution in [0.3, 0.4) is 0 Å². The number of piperazine rings is 1. The second-order valence-electron chi connectivity index (χ2n) is 13.4. The highest BCUT2D eigenvalue weighted by Crippen LogP contribution is 2.53. The first-order valence-electron chi connectivity index (χ1n) is 14.2. The molecule has 5 heterocycles. The van der Waals surface area contributed by atoms with Gasteiger partial charge in [0, 0.05) is 42.3 Å². The quantitative estimate of drug-likeness (QED) is 0.368. The van der Waals surface area contributed by atoms with Crippen LogP contribution in [0, 0.1) is 16.6 Å². The number of aromatic nitrogens is 3. The van der Waals surface area contributed by atoms with E-state index in [-0.39, 0.29) is 39.6 Å². The van der Waals surface area contributed by atoms with Crippen molar-refractivity contribution in [3.05, 3.63) is 36.3 Å². The zero-order chi connectivity index (χ0) is 28.8. The predicted octanol–water partition coefficient (Wildman–Crippen LogP) is 4.33. The van der Waals surface area contributed by atoms with E-state index < -0.39 is 15.7 Å². The van der Waals surface area contributed by atoms with E-state index in [9.17, 15) is 8.42 Å². The van der Waals surface area contributed by atoms with Gasteiger partial charge in [0.05, 0.1) is 39.0 Å². The molecule has 3 aromatic rings. The molecule has 2 atom stereocenters. The molecule has 4 N–H and O–H groups in total. The molecule has 1 spiro atoms. The van der Waals surface area contributed by atoms with Crippen molar-refractivity contribution in [3.8, 4) is 21.8 Å². The summed E-state index contributed by atoms with van der Waals surface area (Å²) in [4.78, 5) is 17.7. The summed E-state index contributed by atoms with van der Waals surface area (Å²) in [6, 6.07) is 7.31. The fraction of sp³-hybridized carbons (Fsp3) is 0.552. The van der Waals surface area contributed by atoms with Crippen LogP contribution in [-0.4, -0.2) is 65.6 Å². The number of sulfone groups is 1. The van der Waals surface area contributed by atoms with Gasteiger partial charge in [0.2, 0.25) is 5.95 Å². The van der Waals surface area contributed by atoms with E-state index in [1.165, 1.54) is 0 Å². The summed E-state index contributed by atoms with van der Waals surface area (Å²) in [7, 11) is -2.86. The van der Waals surface area contributed by atoms with E-state index in [4.69, 9.17) is 15.7 Å². The second-order valence-corrected chi connectivity index (χ2v) is 16.4. The number of fused-ring (bicyclic) bond motifs is 2. The average molecular weight is 598 g/mol. The minimum Gasteiger partial charge on any atom is -0.396 e. The zero-order valence-corrected chi connectivity index (χ0v) is 25.2. The summed E-state index contributed by atoms with van der Waals surface area (Å²) in [5, 5.41) is 7.91. The first-order valence-corrected chi connectivity index (χ1v) is 16.9. The monoisotopic (exact) mass is 597 g/mol. The topological polar surface area (TPSA) is 126 Å². The third-order valence-electron chi connectivity index (χ3n) is 9.65. The number of nitrogen functional groups attached to an aromatic ring is 1. The summed E-state index contributed by atoms with van der Waals surface area (Å²) in [5.74, 6) is 0.552. The van der Waals surface area contributed by atoms with Crippen molar-refractivity contribution < 1.29 is 12.8 Å². The summed E-state index contributed by atoms with van der Waals surface area (Å²) in [6.45, 7) is 8.62. The van der Waals surface area contributed by atoms with E-state index in [1.807, 2.05) is 6.07 Å². The Bertz CT molecular complexity index is 1610. The highest BCUT2D eigenvalue weighted by Gasteiger charge is 2.57. The smallest absolute Gasteiger partial charge is 0.223 e. The molecule has 2 aromatic heterocycles. The normalized spacial score (nSPS) is 26.5. The number of halogens is 1. The van der Waals surface area contributed by atoms with E-state index in [2.05, 4.69) is 41.3 Å². The third-order valence-corrected chi connectivity index (χ3v) is 12.8. The van der Waals surface area contributed by atoms with Crippen molar-refractivity contribution >= 4 is 37.9 Å². The summed E-state index contributed by atoms with van der Waals surface area (Å²) >= 11 is 1.55. The van der Waals surface area contributed by atoms with Crippen LogP contribution >= 0.6 is 11.3 Å². The van der Waals surface area contributed by atoms with E-state index in [1.54, 1.807) is 35.7 Å². The van der Waals surface area contributed by atoms with Crippen LogP contribution in [0.15, 0.2) is 30.5 Å². The van der Waals surface area contributed by atoms with Gasteiger partial charge in [-0.25, -0.2) is 27.8 Å². The van der Waals surface area contributed by atoms with Crippen LogP contribution < -0.4 is 21.3 Å². The Morgan fingerprint density at radius 1 is 1.20 bits per heavy atom. The van der Waals surface area contributed by atoms with Crippen LogP contribution in [0.4, 0.5) is 21.2 Å². The molecular weight excluding hydrogens is 561 g/mol. The molecule has 9 nitrogen and oxygen atoms in total. The van der Waals surface area contributed by atoms with Crippen molar-refractivity contribution in [3.63, 3.8) is 0 Å². The second kappa shape index (κ2) is 9.08. The fourth-order valence-electron chi connectivity index (χ4n) is 7.61. The molecule has 12 heteroatoms. The fourth-order valence-corrected chi connectivity index (χ4v) is 11.1. The number of nitrogens with two attached hydrogens (primary N) is 1. The molecule has 7 rings (SSSR count). The van der Waals surface area contributed by atoms with Gasteiger partial charge in [0.25, 0.3) is 0 Å². The van der Waals surface area contributed by atoms with Gasteiger partial charge in [0.15, 0.2) is 20.8 Å². The first-order chi connectivity index (χ1) is 19.4. The Morgan fingerprint density at radius 2 is 1.98 bits per heavy atom. The minimum atomic E-state index is -2.86. The van der Waals surface area contributed by atoms with Gasteiger partial charge in [-0.2, -0.15) is 0 Å². The van der Waals surface area contributed by atoms with Gasteiger partial charge in [-0.1, -0.05) is 38.2 Å². The van der Waals surface area contributed by atoms with Crippen LogP contribution in [-0.2, 0) is 9.84 Å². The number of benzene rings is 1. The molecule has 218 valence electrons. The molecule has 1 aliphatic carbocycles. The maximum absolute atomic E-state index is 15.5. The highest BCUT2D eigenvalue weighted by molar-refractivity contribution is 7.92. The summed E-state index contributed by atoms with van der Waals surface area (Å²) in [5.41, 5.74) is 7.43. The van der Waals surface area contributed by atoms with Crippen molar-refractivity contribution in [2.75, 3.05) is 40.5 Å². The van der Waals surface area contributed by atoms with Crippen molar-refractivity contribution in [2.24, 2.45) is 10.8 Å². The molecular formula is C29H36FN7O2S2. The van der Waals surface area contributed by atoms with Crippen LogP contribution in [0.2, 0.25) is 0 Å². The molecule has 4 fully saturated rings. The van der Waals surface area contributed by atoms with Gasteiger partial charge < -0.3 is 21.3 Å². The van der Waals surface area contributed by atoms with Gasteiger partial charge >= 0.3 is 0 Å². The molecule has 4 aliphatic rings. The lowest BCUT2D eigenvalue weighted by molar-refractivity contribution is 0.153. The lowest BCUT2D eigenvalue weighted by Gasteiger charge is -2.53. The third kappa shape index (κ3) is 4.32. The van der Waals surface area contributed by atoms with Crippen molar-refractivity contribution in [1.82, 2.24) is 20.3 Å². The minimum absolute atomic E-state index is 0.00446. The van der Waals surface area contributed by atoms with Gasteiger partial charge in [-0.3, -0.25) is 0 Å². The standard InChI is InChI=1S/C29H36FN7O2S2/c1-27(2,3)29-9-7-18(13-32-14-29)37(29)26-36-23(19-5-4-6-20(31)22(19)30)24(40-26)21-8-10-33-25(35-21)34-17-11-28(12-17)15-41(38,39)16-28/h4-6,8,10,17-18,32H,7,9,11-16,31H2,1-3H3,(H,33,34,35). The van der Waals surface area contributed by atoms with Gasteiger partial charge in [0.1, 0.15) is 0 Å². The van der Waals surface area contributed by atoms with E-state index in [0.717, 1.165) is 48.8 Å². The van der Waals surface area contributed by atoms with Crippen molar-refractivity contribution in [2.45, 2.75) is 64.1 Å². The number of nitrogens with one attached hydrogen (secondary N) is 2. The Kier molecular flexibility index (Phi) is 5.99. The van der Waals surface area contributed by atoms with Crippen LogP contribution in [0.25, 0.3) is 21.8 Å². The number of thiazole rings is 1. The van der Waals surface area contributed by atoms with Crippen LogP contribution in [0.1, 0.15) is 46.5 Å². The van der Waals surface area contributed by atoms with E-state index in [0.29, 0.717) is 28.9 Å². The maximum atomic E-state index is 15.5. The van der Waals surface area contributed by atoms with Gasteiger partial charge in [-0.15, -0.1) is 0 Å². The number of rotatable bonds is 5. The molecule has 2 unspecified atom stereocenters. The largest absolute Gasteiger partial charge is 0.396 e. The number of hydrogen-bond acceptors (Lipinski definition) is 10. The van der Waals surface area contributed by atoms with Crippen molar-refractivity contribution in [1.29, 1.82) is 0 Å². The summed E-state index contributed by atoms with van der Waals surface area (Å²) in [6.07, 6.45) is 5.44. The molecule has 0 radical (unpaired) electrons. The lowest BCUT2D eigenvalue weighted by Crippen LogP contribution is -2.66. The number of hydrogen-bond donors (Lipinski definition) is 3. The lowest BCUT2D eigenvalue weighted by atomic mass is 9.67. The molecule has 2 bridgehead atoms. The Balaban J connectivity index is 1.26. The van der Waals surface area contributed by atoms with E-state index >= 15 is 4.39 Å². The van der Waals surface area contributed by atoms with Crippen LogP contribution in [0.5, 0.6) is 0 Å². The maximum Gasteiger partial charge on any atom is 0.223 e. The average Bonchev–Trinajstić information content (AvgIpc) is 3.39. The number of anilines is 3. The Labute approximate surface area is 244 Å². The SMILES string of the molecule is CC(C)(C)C12CCC(CNC1)N2c1nc(-c2cccc(N)c2F)c(-c2ccnc(NC3CC4(C3)CS(=O)(=O)C4)n2)s1. The first kappa shape index (κ1) is 27.0. The molecule has 41 heavy (non-hydrogen) atoms. The molecule has 3 aliphatic heterocycles. The number of nitrogens with zero attached hydrogens (tertiary/aromatic N) is 4. The Morgan fingerprint density at radius 3 is 2.71 bits per heavy atom. The molecule has 1 saturated carbocycles. The molecule has 3 saturated heterocycles.